The molecule has 1 unspecified atom stereocenters. The zero-order chi connectivity index (χ0) is 8.69. The summed E-state index contributed by atoms with van der Waals surface area (Å²) >= 11 is 0. The number of aliphatic carboxylic acids is 1. The average molecular weight is 180 g/mol. The minimum absolute atomic E-state index is 0.0314. The van der Waals surface area contributed by atoms with E-state index in [0.717, 1.165) is 0 Å². The molecule has 0 radical (unpaired) electrons. The third kappa shape index (κ3) is 7.48. The zero-order valence-corrected chi connectivity index (χ0v) is 7.23. The summed E-state index contributed by atoms with van der Waals surface area (Å²) in [5.41, 5.74) is 0. The van der Waals surface area contributed by atoms with Crippen molar-refractivity contribution in [2.24, 2.45) is 0 Å². The van der Waals surface area contributed by atoms with E-state index in [1.54, 1.807) is 0 Å². The van der Waals surface area contributed by atoms with Gasteiger partial charge in [-0.25, -0.2) is 0 Å². The van der Waals surface area contributed by atoms with Crippen LogP contribution in [0.4, 0.5) is 0 Å². The molecule has 0 saturated carbocycles. The first-order chi connectivity index (χ1) is 5.16. The van der Waals surface area contributed by atoms with E-state index in [-0.39, 0.29) is 12.2 Å². The van der Waals surface area contributed by atoms with Crippen LogP contribution < -0.4 is 0 Å². The molecule has 11 heavy (non-hydrogen) atoms. The van der Waals surface area contributed by atoms with E-state index < -0.39 is 16.8 Å². The highest BCUT2D eigenvalue weighted by Crippen LogP contribution is 1.88. The summed E-state index contributed by atoms with van der Waals surface area (Å²) < 4.78 is 15.6. The maximum Gasteiger partial charge on any atom is 0.304 e. The number of hydrogen-bond acceptors (Lipinski definition) is 3. The van der Waals surface area contributed by atoms with Gasteiger partial charge in [0.2, 0.25) is 0 Å². The van der Waals surface area contributed by atoms with Crippen molar-refractivity contribution in [1.29, 1.82) is 0 Å². The molecule has 0 bridgehead atoms. The Hall–Kier alpha value is -0.420. The first-order valence-corrected chi connectivity index (χ1v) is 4.71. The largest absolute Gasteiger partial charge is 0.481 e. The summed E-state index contributed by atoms with van der Waals surface area (Å²) in [6.45, 7) is 0.423. The number of methoxy groups -OCH3 is 1. The van der Waals surface area contributed by atoms with Gasteiger partial charge in [-0.15, -0.1) is 0 Å². The lowest BCUT2D eigenvalue weighted by Gasteiger charge is -1.97. The fourth-order valence-electron chi connectivity index (χ4n) is 0.479. The van der Waals surface area contributed by atoms with Crippen LogP contribution in [0.5, 0.6) is 0 Å². The summed E-state index contributed by atoms with van der Waals surface area (Å²) in [5.74, 6) is -0.265. The molecule has 1 N–H and O–H groups in total. The molecule has 1 atom stereocenters. The molecule has 66 valence electrons. The van der Waals surface area contributed by atoms with Crippen molar-refractivity contribution in [3.05, 3.63) is 0 Å². The van der Waals surface area contributed by atoms with Gasteiger partial charge in [0.15, 0.2) is 0 Å². The Morgan fingerprint density at radius 1 is 1.55 bits per heavy atom. The lowest BCUT2D eigenvalue weighted by atomic mass is 10.5. The molecule has 0 spiro atoms. The van der Waals surface area contributed by atoms with Crippen molar-refractivity contribution in [1.82, 2.24) is 0 Å². The van der Waals surface area contributed by atoms with Gasteiger partial charge >= 0.3 is 5.97 Å². The number of carboxylic acid groups (broad SMARTS) is 1. The Balaban J connectivity index is 3.30. The Bertz CT molecular complexity index is 146. The smallest absolute Gasteiger partial charge is 0.304 e. The number of rotatable bonds is 6. The fourth-order valence-corrected chi connectivity index (χ4v) is 1.44. The maximum atomic E-state index is 10.9. The first-order valence-electron chi connectivity index (χ1n) is 3.22. The molecule has 0 aromatic heterocycles. The fraction of sp³-hybridized carbons (Fsp3) is 0.833. The van der Waals surface area contributed by atoms with Gasteiger partial charge in [0.05, 0.1) is 13.0 Å². The van der Waals surface area contributed by atoms with Crippen LogP contribution in [0.3, 0.4) is 0 Å². The van der Waals surface area contributed by atoms with E-state index in [9.17, 15) is 9.00 Å². The average Bonchev–Trinajstić information content (AvgIpc) is 1.97. The summed E-state index contributed by atoms with van der Waals surface area (Å²) in [4.78, 5) is 10.0. The molecule has 0 aromatic rings. The number of carboxylic acids is 1. The van der Waals surface area contributed by atoms with Gasteiger partial charge in [-0.1, -0.05) is 0 Å². The molecule has 0 amide bonds. The third-order valence-electron chi connectivity index (χ3n) is 1.06. The van der Waals surface area contributed by atoms with Crippen LogP contribution in [0.15, 0.2) is 0 Å². The molecule has 0 aliphatic rings. The highest BCUT2D eigenvalue weighted by atomic mass is 32.2. The second kappa shape index (κ2) is 6.30. The normalized spacial score (nSPS) is 12.8. The highest BCUT2D eigenvalue weighted by molar-refractivity contribution is 7.85. The molecule has 5 heteroatoms. The Labute approximate surface area is 68.0 Å². The van der Waals surface area contributed by atoms with Crippen molar-refractivity contribution in [2.45, 2.75) is 6.42 Å². The molecule has 4 nitrogen and oxygen atoms in total. The predicted molar refractivity (Wildman–Crippen MR) is 42.0 cm³/mol. The van der Waals surface area contributed by atoms with Gasteiger partial charge < -0.3 is 9.84 Å². The molecule has 0 aromatic carbocycles. The van der Waals surface area contributed by atoms with E-state index in [0.29, 0.717) is 12.4 Å². The maximum absolute atomic E-state index is 10.9. The van der Waals surface area contributed by atoms with Crippen LogP contribution in [-0.4, -0.2) is 40.5 Å². The van der Waals surface area contributed by atoms with Gasteiger partial charge in [-0.2, -0.15) is 0 Å². The topological polar surface area (TPSA) is 63.6 Å². The second-order valence-corrected chi connectivity index (χ2v) is 3.68. The van der Waals surface area contributed by atoms with E-state index in [1.165, 1.54) is 7.11 Å². The number of ether oxygens (including phenoxy) is 1. The van der Waals surface area contributed by atoms with E-state index in [1.807, 2.05) is 0 Å². The Kier molecular flexibility index (Phi) is 6.06. The van der Waals surface area contributed by atoms with Crippen LogP contribution in [-0.2, 0) is 20.3 Å². The standard InChI is InChI=1S/C6H12O4S/c1-10-3-5-11(9)4-2-6(7)8/h2-5H2,1H3,(H,7,8). The third-order valence-corrected chi connectivity index (χ3v) is 2.34. The summed E-state index contributed by atoms with van der Waals surface area (Å²) in [6, 6.07) is 0. The molecule has 0 aliphatic carbocycles. The van der Waals surface area contributed by atoms with Crippen LogP contribution in [0, 0.1) is 0 Å². The van der Waals surface area contributed by atoms with Crippen LogP contribution >= 0.6 is 0 Å². The molecule has 0 saturated heterocycles. The minimum Gasteiger partial charge on any atom is -0.481 e. The quantitative estimate of drug-likeness (QED) is 0.617. The van der Waals surface area contributed by atoms with Gasteiger partial charge in [0, 0.05) is 29.4 Å². The van der Waals surface area contributed by atoms with E-state index in [2.05, 4.69) is 4.74 Å². The minimum atomic E-state index is -1.05. The van der Waals surface area contributed by atoms with E-state index in [4.69, 9.17) is 5.11 Å². The van der Waals surface area contributed by atoms with Gasteiger partial charge in [0.1, 0.15) is 0 Å². The van der Waals surface area contributed by atoms with Crippen LogP contribution in [0.1, 0.15) is 6.42 Å². The number of hydrogen-bond donors (Lipinski definition) is 1. The van der Waals surface area contributed by atoms with E-state index >= 15 is 0 Å². The molecule has 0 aliphatic heterocycles. The molecular formula is C6H12O4S. The summed E-state index contributed by atoms with van der Waals surface area (Å²) in [7, 11) is 0.476. The van der Waals surface area contributed by atoms with Crippen molar-refractivity contribution in [3.8, 4) is 0 Å². The zero-order valence-electron chi connectivity index (χ0n) is 6.41. The number of carbonyl (C=O) groups is 1. The lowest BCUT2D eigenvalue weighted by Crippen LogP contribution is -2.10. The Morgan fingerprint density at radius 3 is 2.64 bits per heavy atom. The summed E-state index contributed by atoms with van der Waals surface area (Å²) in [6.07, 6.45) is -0.0314. The Morgan fingerprint density at radius 2 is 2.18 bits per heavy atom. The van der Waals surface area contributed by atoms with Crippen molar-refractivity contribution in [2.75, 3.05) is 25.2 Å². The summed E-state index contributed by atoms with van der Waals surface area (Å²) in [5, 5.41) is 8.22. The van der Waals surface area contributed by atoms with Crippen molar-refractivity contribution in [3.63, 3.8) is 0 Å². The lowest BCUT2D eigenvalue weighted by molar-refractivity contribution is -0.136. The highest BCUT2D eigenvalue weighted by Gasteiger charge is 2.02. The predicted octanol–water partition coefficient (Wildman–Crippen LogP) is -0.144. The molecular weight excluding hydrogens is 168 g/mol. The molecule has 0 rings (SSSR count). The molecule has 0 heterocycles. The van der Waals surface area contributed by atoms with Gasteiger partial charge in [-0.3, -0.25) is 9.00 Å². The van der Waals surface area contributed by atoms with Crippen LogP contribution in [0.25, 0.3) is 0 Å². The second-order valence-electron chi connectivity index (χ2n) is 1.98. The van der Waals surface area contributed by atoms with Crippen LogP contribution in [0.2, 0.25) is 0 Å². The SMILES string of the molecule is COCCS(=O)CCC(=O)O. The van der Waals surface area contributed by atoms with Crippen molar-refractivity contribution < 1.29 is 18.8 Å². The first kappa shape index (κ1) is 10.6. The van der Waals surface area contributed by atoms with Crippen molar-refractivity contribution >= 4 is 16.8 Å². The monoisotopic (exact) mass is 180 g/mol. The molecule has 0 fully saturated rings. The van der Waals surface area contributed by atoms with Gasteiger partial charge in [0.25, 0.3) is 0 Å². The van der Waals surface area contributed by atoms with Gasteiger partial charge in [-0.05, 0) is 0 Å².